The van der Waals surface area contributed by atoms with E-state index < -0.39 is 6.04 Å². The second-order valence-corrected chi connectivity index (χ2v) is 3.96. The Hall–Kier alpha value is -1.10. The molecule has 0 aliphatic carbocycles. The number of carbonyl (C=O) groups excluding carboxylic acids is 2. The number of hydrogen-bond donors (Lipinski definition) is 1. The number of unbranched alkanes of at least 4 members (excludes halogenated alkanes) is 1. The molecule has 18 heavy (non-hydrogen) atoms. The maximum Gasteiger partial charge on any atom is 0.323 e. The molecule has 0 fully saturated rings. The van der Waals surface area contributed by atoms with Gasteiger partial charge in [-0.3, -0.25) is 9.59 Å². The largest absolute Gasteiger partial charge is 0.466 e. The van der Waals surface area contributed by atoms with Crippen molar-refractivity contribution >= 4 is 11.9 Å². The molecule has 1 atom stereocenters. The Morgan fingerprint density at radius 3 is 2.33 bits per heavy atom. The fourth-order valence-electron chi connectivity index (χ4n) is 1.49. The lowest BCUT2D eigenvalue weighted by Gasteiger charge is -2.16. The first-order chi connectivity index (χ1) is 8.65. The van der Waals surface area contributed by atoms with Gasteiger partial charge in [0.2, 0.25) is 0 Å². The zero-order chi connectivity index (χ0) is 13.8. The van der Waals surface area contributed by atoms with Gasteiger partial charge >= 0.3 is 11.9 Å². The van der Waals surface area contributed by atoms with Gasteiger partial charge in [-0.05, 0) is 33.2 Å². The summed E-state index contributed by atoms with van der Waals surface area (Å²) in [5, 5.41) is 3.12. The summed E-state index contributed by atoms with van der Waals surface area (Å²) in [7, 11) is 0. The predicted octanol–water partition coefficient (Wildman–Crippen LogP) is 1.65. The molecule has 0 saturated heterocycles. The normalized spacial score (nSPS) is 11.9. The molecule has 0 aromatic heterocycles. The first-order valence-corrected chi connectivity index (χ1v) is 6.71. The summed E-state index contributed by atoms with van der Waals surface area (Å²) in [5.74, 6) is -0.568. The summed E-state index contributed by atoms with van der Waals surface area (Å²) in [5.41, 5.74) is 0. The van der Waals surface area contributed by atoms with Gasteiger partial charge in [0.1, 0.15) is 6.04 Å². The van der Waals surface area contributed by atoms with Gasteiger partial charge in [0.15, 0.2) is 0 Å². The number of hydrogen-bond acceptors (Lipinski definition) is 5. The molecule has 0 aliphatic rings. The van der Waals surface area contributed by atoms with Crippen LogP contribution in [-0.2, 0) is 19.1 Å². The Morgan fingerprint density at radius 1 is 1.11 bits per heavy atom. The van der Waals surface area contributed by atoms with Crippen LogP contribution in [0.15, 0.2) is 0 Å². The molecular formula is C13H25NO4. The maximum atomic E-state index is 11.7. The summed E-state index contributed by atoms with van der Waals surface area (Å²) in [6.07, 6.45) is 2.70. The van der Waals surface area contributed by atoms with E-state index in [-0.39, 0.29) is 18.4 Å². The fourth-order valence-corrected chi connectivity index (χ4v) is 1.49. The molecule has 1 N–H and O–H groups in total. The number of nitrogens with one attached hydrogen (secondary N) is 1. The summed E-state index contributed by atoms with van der Waals surface area (Å²) < 4.78 is 9.81. The highest BCUT2D eigenvalue weighted by atomic mass is 16.5. The lowest BCUT2D eigenvalue weighted by atomic mass is 10.1. The van der Waals surface area contributed by atoms with Crippen molar-refractivity contribution in [1.82, 2.24) is 5.32 Å². The van der Waals surface area contributed by atoms with E-state index >= 15 is 0 Å². The second kappa shape index (κ2) is 11.0. The van der Waals surface area contributed by atoms with Crippen LogP contribution in [0.5, 0.6) is 0 Å². The Balaban J connectivity index is 4.10. The van der Waals surface area contributed by atoms with Gasteiger partial charge in [-0.1, -0.05) is 13.3 Å². The fraction of sp³-hybridized carbons (Fsp3) is 0.846. The highest BCUT2D eigenvalue weighted by Crippen LogP contribution is 2.03. The summed E-state index contributed by atoms with van der Waals surface area (Å²) in [6, 6.07) is -0.416. The van der Waals surface area contributed by atoms with Gasteiger partial charge in [0.25, 0.3) is 0 Å². The van der Waals surface area contributed by atoms with Crippen molar-refractivity contribution in [2.75, 3.05) is 19.8 Å². The third kappa shape index (κ3) is 8.06. The van der Waals surface area contributed by atoms with E-state index in [0.717, 1.165) is 19.4 Å². The van der Waals surface area contributed by atoms with E-state index in [2.05, 4.69) is 12.2 Å². The van der Waals surface area contributed by atoms with Crippen LogP contribution in [0.1, 0.15) is 46.5 Å². The Labute approximate surface area is 109 Å². The highest BCUT2D eigenvalue weighted by molar-refractivity contribution is 5.77. The molecule has 0 unspecified atom stereocenters. The molecule has 106 valence electrons. The zero-order valence-corrected chi connectivity index (χ0v) is 11.7. The summed E-state index contributed by atoms with van der Waals surface area (Å²) >= 11 is 0. The van der Waals surface area contributed by atoms with Crippen molar-refractivity contribution in [3.05, 3.63) is 0 Å². The molecule has 5 heteroatoms. The maximum absolute atomic E-state index is 11.7. The number of esters is 2. The standard InChI is InChI=1S/C13H25NO4/c1-4-7-10-14-11(13(16)18-6-3)8-9-12(15)17-5-2/h11,14H,4-10H2,1-3H3/t11-/m1/s1. The predicted molar refractivity (Wildman–Crippen MR) is 69.2 cm³/mol. The molecule has 0 aromatic rings. The highest BCUT2D eigenvalue weighted by Gasteiger charge is 2.20. The molecule has 0 aliphatic heterocycles. The minimum Gasteiger partial charge on any atom is -0.466 e. The van der Waals surface area contributed by atoms with Crippen molar-refractivity contribution in [1.29, 1.82) is 0 Å². The zero-order valence-electron chi connectivity index (χ0n) is 11.7. The van der Waals surface area contributed by atoms with Crippen molar-refractivity contribution in [2.45, 2.75) is 52.5 Å². The van der Waals surface area contributed by atoms with Gasteiger partial charge < -0.3 is 14.8 Å². The van der Waals surface area contributed by atoms with E-state index in [1.165, 1.54) is 0 Å². The quantitative estimate of drug-likeness (QED) is 0.477. The molecule has 0 rings (SSSR count). The number of ether oxygens (including phenoxy) is 2. The molecule has 0 aromatic carbocycles. The molecule has 0 radical (unpaired) electrons. The summed E-state index contributed by atoms with van der Waals surface area (Å²) in [6.45, 7) is 7.09. The second-order valence-electron chi connectivity index (χ2n) is 3.96. The van der Waals surface area contributed by atoms with E-state index in [9.17, 15) is 9.59 Å². The van der Waals surface area contributed by atoms with Gasteiger partial charge in [0, 0.05) is 6.42 Å². The minimum absolute atomic E-state index is 0.233. The van der Waals surface area contributed by atoms with Crippen LogP contribution in [0.4, 0.5) is 0 Å². The molecular weight excluding hydrogens is 234 g/mol. The van der Waals surface area contributed by atoms with Crippen LogP contribution >= 0.6 is 0 Å². The molecule has 0 heterocycles. The molecule has 0 amide bonds. The van der Waals surface area contributed by atoms with Crippen LogP contribution in [0.25, 0.3) is 0 Å². The first-order valence-electron chi connectivity index (χ1n) is 6.71. The number of carbonyl (C=O) groups is 2. The Morgan fingerprint density at radius 2 is 1.78 bits per heavy atom. The van der Waals surface area contributed by atoms with Gasteiger partial charge in [-0.15, -0.1) is 0 Å². The molecule has 0 bridgehead atoms. The molecule has 5 nitrogen and oxygen atoms in total. The third-order valence-electron chi connectivity index (χ3n) is 2.43. The van der Waals surface area contributed by atoms with E-state index in [1.54, 1.807) is 13.8 Å². The van der Waals surface area contributed by atoms with Crippen molar-refractivity contribution in [2.24, 2.45) is 0 Å². The van der Waals surface area contributed by atoms with E-state index in [1.807, 2.05) is 0 Å². The van der Waals surface area contributed by atoms with Gasteiger partial charge in [-0.2, -0.15) is 0 Å². The van der Waals surface area contributed by atoms with Crippen LogP contribution in [-0.4, -0.2) is 37.7 Å². The Bertz CT molecular complexity index is 243. The SMILES string of the molecule is CCCCN[C@H](CCC(=O)OCC)C(=O)OCC. The van der Waals surface area contributed by atoms with Crippen molar-refractivity contribution in [3.8, 4) is 0 Å². The summed E-state index contributed by atoms with van der Waals surface area (Å²) in [4.78, 5) is 22.9. The topological polar surface area (TPSA) is 64.6 Å². The lowest BCUT2D eigenvalue weighted by Crippen LogP contribution is -2.39. The monoisotopic (exact) mass is 259 g/mol. The molecule has 0 spiro atoms. The van der Waals surface area contributed by atoms with Crippen molar-refractivity contribution in [3.63, 3.8) is 0 Å². The Kier molecular flexibility index (Phi) is 10.3. The van der Waals surface area contributed by atoms with Crippen LogP contribution in [0, 0.1) is 0 Å². The van der Waals surface area contributed by atoms with Crippen LogP contribution < -0.4 is 5.32 Å². The van der Waals surface area contributed by atoms with Crippen molar-refractivity contribution < 1.29 is 19.1 Å². The molecule has 0 saturated carbocycles. The van der Waals surface area contributed by atoms with Crippen LogP contribution in [0.2, 0.25) is 0 Å². The average molecular weight is 259 g/mol. The van der Waals surface area contributed by atoms with Gasteiger partial charge in [-0.25, -0.2) is 0 Å². The van der Waals surface area contributed by atoms with E-state index in [4.69, 9.17) is 9.47 Å². The first kappa shape index (κ1) is 16.9. The van der Waals surface area contributed by atoms with Gasteiger partial charge in [0.05, 0.1) is 13.2 Å². The average Bonchev–Trinajstić information content (AvgIpc) is 2.34. The minimum atomic E-state index is -0.416. The lowest BCUT2D eigenvalue weighted by molar-refractivity contribution is -0.147. The smallest absolute Gasteiger partial charge is 0.323 e. The third-order valence-corrected chi connectivity index (χ3v) is 2.43. The van der Waals surface area contributed by atoms with E-state index in [0.29, 0.717) is 19.6 Å². The van der Waals surface area contributed by atoms with Crippen LogP contribution in [0.3, 0.4) is 0 Å². The number of rotatable bonds is 10.